The highest BCUT2D eigenvalue weighted by atomic mass is 32.1. The first kappa shape index (κ1) is 15.1. The molecule has 0 aromatic carbocycles. The number of carboxylic acid groups (broad SMARTS) is 1. The first-order valence-electron chi connectivity index (χ1n) is 6.47. The van der Waals surface area contributed by atoms with Crippen LogP contribution in [0, 0.1) is 0 Å². The van der Waals surface area contributed by atoms with Gasteiger partial charge in [-0.3, -0.25) is 9.89 Å². The molecule has 0 bridgehead atoms. The van der Waals surface area contributed by atoms with Crippen LogP contribution in [0.3, 0.4) is 0 Å². The molecule has 112 valence electrons. The van der Waals surface area contributed by atoms with E-state index in [2.05, 4.69) is 25.5 Å². The van der Waals surface area contributed by atoms with E-state index in [1.165, 1.54) is 16.7 Å². The minimum atomic E-state index is -1.05. The molecule has 1 amide bonds. The van der Waals surface area contributed by atoms with Gasteiger partial charge in [0.15, 0.2) is 5.69 Å². The van der Waals surface area contributed by atoms with Gasteiger partial charge in [0.05, 0.1) is 5.01 Å². The van der Waals surface area contributed by atoms with E-state index in [1.54, 1.807) is 0 Å². The second-order valence-corrected chi connectivity index (χ2v) is 5.24. The number of aromatic amines is 1. The van der Waals surface area contributed by atoms with Crippen LogP contribution in [0.5, 0.6) is 0 Å². The maximum Gasteiger partial charge on any atom is 0.355 e. The number of hydrogen-bond donors (Lipinski definition) is 3. The van der Waals surface area contributed by atoms with Gasteiger partial charge in [-0.05, 0) is 6.42 Å². The summed E-state index contributed by atoms with van der Waals surface area (Å²) < 4.78 is 0. The molecule has 21 heavy (non-hydrogen) atoms. The van der Waals surface area contributed by atoms with Crippen molar-refractivity contribution < 1.29 is 14.7 Å². The normalized spacial score (nSPS) is 10.5. The third kappa shape index (κ3) is 4.09. The molecular weight excluding hydrogens is 294 g/mol. The summed E-state index contributed by atoms with van der Waals surface area (Å²) >= 11 is 1.26. The Hall–Kier alpha value is -2.29. The summed E-state index contributed by atoms with van der Waals surface area (Å²) in [6.45, 7) is 2.37. The Bertz CT molecular complexity index is 636. The zero-order valence-electron chi connectivity index (χ0n) is 11.4. The van der Waals surface area contributed by atoms with Crippen molar-refractivity contribution >= 4 is 23.2 Å². The summed E-state index contributed by atoms with van der Waals surface area (Å²) in [5.74, 6) is -0.605. The number of nitrogens with one attached hydrogen (secondary N) is 2. The molecule has 0 aliphatic heterocycles. The van der Waals surface area contributed by atoms with Crippen LogP contribution in [0.2, 0.25) is 0 Å². The maximum atomic E-state index is 11.8. The fraction of sp³-hybridized carbons (Fsp3) is 0.417. The number of amides is 1. The lowest BCUT2D eigenvalue weighted by atomic mass is 10.3. The summed E-state index contributed by atoms with van der Waals surface area (Å²) in [7, 11) is 0. The van der Waals surface area contributed by atoms with Crippen molar-refractivity contribution in [2.45, 2.75) is 26.2 Å². The number of carbonyl (C=O) groups is 2. The van der Waals surface area contributed by atoms with Gasteiger partial charge in [-0.2, -0.15) is 0 Å². The molecular formula is C12H15N5O3S. The van der Waals surface area contributed by atoms with Crippen molar-refractivity contribution in [3.05, 3.63) is 27.7 Å². The summed E-state index contributed by atoms with van der Waals surface area (Å²) in [5, 5.41) is 20.1. The van der Waals surface area contributed by atoms with Crippen LogP contribution in [0.4, 0.5) is 0 Å². The number of carboxylic acids is 1. The van der Waals surface area contributed by atoms with Crippen molar-refractivity contribution in [3.63, 3.8) is 0 Å². The second-order valence-electron chi connectivity index (χ2n) is 4.29. The van der Waals surface area contributed by atoms with Gasteiger partial charge in [-0.15, -0.1) is 16.4 Å². The van der Waals surface area contributed by atoms with Crippen LogP contribution in [-0.4, -0.2) is 43.7 Å². The minimum Gasteiger partial charge on any atom is -0.476 e. The van der Waals surface area contributed by atoms with Gasteiger partial charge in [-0.1, -0.05) is 6.92 Å². The smallest absolute Gasteiger partial charge is 0.355 e. The zero-order valence-corrected chi connectivity index (χ0v) is 12.2. The molecule has 2 rings (SSSR count). The topological polar surface area (TPSA) is 121 Å². The lowest BCUT2D eigenvalue weighted by Gasteiger charge is -1.99. The van der Waals surface area contributed by atoms with Gasteiger partial charge >= 0.3 is 5.97 Å². The first-order valence-corrected chi connectivity index (χ1v) is 7.35. The third-order valence-electron chi connectivity index (χ3n) is 2.62. The predicted molar refractivity (Wildman–Crippen MR) is 75.5 cm³/mol. The van der Waals surface area contributed by atoms with Crippen molar-refractivity contribution in [2.24, 2.45) is 0 Å². The largest absolute Gasteiger partial charge is 0.476 e. The Morgan fingerprint density at radius 3 is 2.86 bits per heavy atom. The number of nitrogens with zero attached hydrogens (tertiary/aromatic N) is 3. The lowest BCUT2D eigenvalue weighted by Crippen LogP contribution is -2.26. The standard InChI is InChI=1S/C12H15N5O3S/c1-2-3-8-15-10(17-16-8)11(18)13-5-4-9-14-7(6-21-9)12(19)20/h6H,2-5H2,1H3,(H,13,18)(H,19,20)(H,15,16,17). The van der Waals surface area contributed by atoms with Crippen LogP contribution in [0.1, 0.15) is 45.3 Å². The van der Waals surface area contributed by atoms with Crippen molar-refractivity contribution in [1.29, 1.82) is 0 Å². The molecule has 0 radical (unpaired) electrons. The van der Waals surface area contributed by atoms with Gasteiger partial charge in [-0.25, -0.2) is 14.8 Å². The molecule has 2 heterocycles. The molecule has 0 atom stereocenters. The SMILES string of the molecule is CCCc1nc(C(=O)NCCc2nc(C(=O)O)cs2)n[nH]1. The van der Waals surface area contributed by atoms with E-state index in [9.17, 15) is 9.59 Å². The predicted octanol–water partition coefficient (Wildman–Crippen LogP) is 0.884. The number of rotatable bonds is 7. The highest BCUT2D eigenvalue weighted by Crippen LogP contribution is 2.09. The molecule has 2 aromatic rings. The lowest BCUT2D eigenvalue weighted by molar-refractivity contribution is 0.0690. The number of carbonyl (C=O) groups excluding carboxylic acids is 1. The van der Waals surface area contributed by atoms with E-state index in [-0.39, 0.29) is 17.4 Å². The average molecular weight is 309 g/mol. The number of hydrogen-bond acceptors (Lipinski definition) is 6. The Morgan fingerprint density at radius 1 is 1.38 bits per heavy atom. The van der Waals surface area contributed by atoms with Crippen LogP contribution in [0.15, 0.2) is 5.38 Å². The molecule has 0 fully saturated rings. The Kier molecular flexibility index (Phi) is 4.99. The van der Waals surface area contributed by atoms with Crippen LogP contribution < -0.4 is 5.32 Å². The monoisotopic (exact) mass is 309 g/mol. The average Bonchev–Trinajstić information content (AvgIpc) is 3.08. The third-order valence-corrected chi connectivity index (χ3v) is 3.53. The van der Waals surface area contributed by atoms with Gasteiger partial charge in [0, 0.05) is 24.8 Å². The molecule has 9 heteroatoms. The number of aryl methyl sites for hydroxylation is 1. The number of aromatic carboxylic acids is 1. The fourth-order valence-electron chi connectivity index (χ4n) is 1.63. The van der Waals surface area contributed by atoms with Crippen molar-refractivity contribution in [1.82, 2.24) is 25.5 Å². The molecule has 0 saturated carbocycles. The number of aromatic nitrogens is 4. The molecule has 0 aliphatic carbocycles. The van der Waals surface area contributed by atoms with Crippen molar-refractivity contribution in [3.8, 4) is 0 Å². The molecule has 0 unspecified atom stereocenters. The number of H-pyrrole nitrogens is 1. The fourth-order valence-corrected chi connectivity index (χ4v) is 2.40. The Balaban J connectivity index is 1.81. The highest BCUT2D eigenvalue weighted by Gasteiger charge is 2.12. The van der Waals surface area contributed by atoms with Gasteiger partial charge < -0.3 is 10.4 Å². The second kappa shape index (κ2) is 6.93. The molecule has 0 saturated heterocycles. The Labute approximate surface area is 124 Å². The summed E-state index contributed by atoms with van der Waals surface area (Å²) in [4.78, 5) is 30.5. The van der Waals surface area contributed by atoms with E-state index in [0.29, 0.717) is 23.8 Å². The van der Waals surface area contributed by atoms with Crippen LogP contribution in [0.25, 0.3) is 0 Å². The molecule has 0 spiro atoms. The molecule has 0 aliphatic rings. The van der Waals surface area contributed by atoms with Gasteiger partial charge in [0.2, 0.25) is 5.82 Å². The van der Waals surface area contributed by atoms with E-state index in [1.807, 2.05) is 6.92 Å². The zero-order chi connectivity index (χ0) is 15.2. The van der Waals surface area contributed by atoms with Crippen LogP contribution >= 0.6 is 11.3 Å². The van der Waals surface area contributed by atoms with Crippen LogP contribution in [-0.2, 0) is 12.8 Å². The van der Waals surface area contributed by atoms with Gasteiger partial charge in [0.1, 0.15) is 5.82 Å². The van der Waals surface area contributed by atoms with E-state index in [4.69, 9.17) is 5.11 Å². The maximum absolute atomic E-state index is 11.8. The minimum absolute atomic E-state index is 0.0273. The summed E-state index contributed by atoms with van der Waals surface area (Å²) in [5.41, 5.74) is 0.0273. The molecule has 2 aromatic heterocycles. The number of thiazole rings is 1. The van der Waals surface area contributed by atoms with E-state index < -0.39 is 5.97 Å². The Morgan fingerprint density at radius 2 is 2.19 bits per heavy atom. The first-order chi connectivity index (χ1) is 10.1. The van der Waals surface area contributed by atoms with Crippen molar-refractivity contribution in [2.75, 3.05) is 6.54 Å². The molecule has 8 nitrogen and oxygen atoms in total. The highest BCUT2D eigenvalue weighted by molar-refractivity contribution is 7.09. The summed E-state index contributed by atoms with van der Waals surface area (Å²) in [6, 6.07) is 0. The van der Waals surface area contributed by atoms with E-state index >= 15 is 0 Å². The summed E-state index contributed by atoms with van der Waals surface area (Å²) in [6.07, 6.45) is 2.14. The van der Waals surface area contributed by atoms with Gasteiger partial charge in [0.25, 0.3) is 5.91 Å². The van der Waals surface area contributed by atoms with E-state index in [0.717, 1.165) is 12.8 Å². The quantitative estimate of drug-likeness (QED) is 0.698. The molecule has 3 N–H and O–H groups in total.